The van der Waals surface area contributed by atoms with Gasteiger partial charge in [-0.15, -0.1) is 0 Å². The van der Waals surface area contributed by atoms with Crippen molar-refractivity contribution in [2.75, 3.05) is 31.8 Å². The Labute approximate surface area is 163 Å². The Morgan fingerprint density at radius 2 is 1.19 bits per heavy atom. The van der Waals surface area contributed by atoms with Gasteiger partial charge >= 0.3 is 0 Å². The molecule has 0 heterocycles. The van der Waals surface area contributed by atoms with E-state index in [1.807, 2.05) is 48.5 Å². The van der Waals surface area contributed by atoms with Gasteiger partial charge in [0.1, 0.15) is 29.6 Å². The Morgan fingerprint density at radius 1 is 0.731 bits per heavy atom. The predicted molar refractivity (Wildman–Crippen MR) is 108 cm³/mol. The molecule has 0 unspecified atom stereocenters. The minimum atomic E-state index is 0.482. The lowest BCUT2D eigenvalue weighted by Crippen LogP contribution is -2.05. The van der Waals surface area contributed by atoms with Crippen LogP contribution in [-0.4, -0.2) is 31.8 Å². The minimum Gasteiger partial charge on any atom is -0.493 e. The van der Waals surface area contributed by atoms with Crippen LogP contribution in [0.5, 0.6) is 23.0 Å². The van der Waals surface area contributed by atoms with Gasteiger partial charge in [-0.05, 0) is 30.7 Å². The molecule has 0 atom stereocenters. The molecule has 0 N–H and O–H groups in total. The SMILES string of the molecule is C=CCOc1cccc(OCCCOc2cccc(OCCCBr)c2)c1. The topological polar surface area (TPSA) is 36.9 Å². The smallest absolute Gasteiger partial charge is 0.123 e. The van der Waals surface area contributed by atoms with Crippen LogP contribution < -0.4 is 18.9 Å². The summed E-state index contributed by atoms with van der Waals surface area (Å²) in [6, 6.07) is 15.3. The number of hydrogen-bond acceptors (Lipinski definition) is 4. The summed E-state index contributed by atoms with van der Waals surface area (Å²) in [6.07, 6.45) is 3.47. The molecule has 0 aliphatic carbocycles. The van der Waals surface area contributed by atoms with Crippen molar-refractivity contribution in [3.05, 3.63) is 61.2 Å². The number of rotatable bonds is 13. The average molecular weight is 421 g/mol. The molecule has 0 aliphatic rings. The molecule has 0 aromatic heterocycles. The van der Waals surface area contributed by atoms with Gasteiger partial charge in [0.15, 0.2) is 0 Å². The predicted octanol–water partition coefficient (Wildman–Crippen LogP) is 5.26. The second-order valence-electron chi connectivity index (χ2n) is 5.49. The monoisotopic (exact) mass is 420 g/mol. The largest absolute Gasteiger partial charge is 0.493 e. The molecule has 0 fully saturated rings. The van der Waals surface area contributed by atoms with Crippen molar-refractivity contribution in [2.24, 2.45) is 0 Å². The van der Waals surface area contributed by atoms with Gasteiger partial charge in [0.25, 0.3) is 0 Å². The van der Waals surface area contributed by atoms with E-state index in [0.29, 0.717) is 26.4 Å². The molecule has 0 radical (unpaired) electrons. The molecule has 2 aromatic rings. The van der Waals surface area contributed by atoms with E-state index in [-0.39, 0.29) is 0 Å². The van der Waals surface area contributed by atoms with E-state index in [2.05, 4.69) is 22.5 Å². The molecular formula is C21H25BrO4. The average Bonchev–Trinajstić information content (AvgIpc) is 2.67. The van der Waals surface area contributed by atoms with E-state index in [1.165, 1.54) is 0 Å². The zero-order valence-corrected chi connectivity index (χ0v) is 16.4. The van der Waals surface area contributed by atoms with Crippen molar-refractivity contribution in [3.63, 3.8) is 0 Å². The molecule has 0 spiro atoms. The molecule has 140 valence electrons. The lowest BCUT2D eigenvalue weighted by Gasteiger charge is -2.10. The van der Waals surface area contributed by atoms with Crippen LogP contribution in [0.25, 0.3) is 0 Å². The summed E-state index contributed by atoms with van der Waals surface area (Å²) in [7, 11) is 0. The molecule has 5 heteroatoms. The van der Waals surface area contributed by atoms with Crippen molar-refractivity contribution >= 4 is 15.9 Å². The summed E-state index contributed by atoms with van der Waals surface area (Å²) in [5, 5.41) is 0.937. The summed E-state index contributed by atoms with van der Waals surface area (Å²) in [5.74, 6) is 3.20. The number of hydrogen-bond donors (Lipinski definition) is 0. The van der Waals surface area contributed by atoms with Crippen molar-refractivity contribution in [1.82, 2.24) is 0 Å². The molecular weight excluding hydrogens is 396 g/mol. The molecule has 0 saturated carbocycles. The second-order valence-corrected chi connectivity index (χ2v) is 6.28. The molecule has 0 saturated heterocycles. The molecule has 0 aliphatic heterocycles. The highest BCUT2D eigenvalue weighted by Crippen LogP contribution is 2.21. The second kappa shape index (κ2) is 12.3. The molecule has 2 rings (SSSR count). The lowest BCUT2D eigenvalue weighted by atomic mass is 10.3. The Hall–Kier alpha value is -2.14. The maximum Gasteiger partial charge on any atom is 0.123 e. The summed E-state index contributed by atoms with van der Waals surface area (Å²) >= 11 is 3.39. The van der Waals surface area contributed by atoms with E-state index >= 15 is 0 Å². The van der Waals surface area contributed by atoms with E-state index < -0.39 is 0 Å². The molecule has 2 aromatic carbocycles. The first-order chi connectivity index (χ1) is 12.8. The Balaban J connectivity index is 1.67. The summed E-state index contributed by atoms with van der Waals surface area (Å²) in [6.45, 7) is 5.97. The van der Waals surface area contributed by atoms with Gasteiger partial charge in [-0.2, -0.15) is 0 Å². The van der Waals surface area contributed by atoms with Crippen LogP contribution in [-0.2, 0) is 0 Å². The standard InChI is InChI=1S/C21H25BrO4/c1-2-12-23-18-7-3-9-20(16-18)25-14-6-15-26-21-10-4-8-19(17-21)24-13-5-11-22/h2-4,7-10,16-17H,1,5-6,11-15H2. The van der Waals surface area contributed by atoms with Crippen molar-refractivity contribution < 1.29 is 18.9 Å². The highest BCUT2D eigenvalue weighted by molar-refractivity contribution is 9.09. The highest BCUT2D eigenvalue weighted by Gasteiger charge is 2.00. The van der Waals surface area contributed by atoms with E-state index in [0.717, 1.165) is 41.2 Å². The highest BCUT2D eigenvalue weighted by atomic mass is 79.9. The Kier molecular flexibility index (Phi) is 9.51. The quantitative estimate of drug-likeness (QED) is 0.251. The molecule has 26 heavy (non-hydrogen) atoms. The fraction of sp³-hybridized carbons (Fsp3) is 0.333. The third-order valence-corrected chi connectivity index (χ3v) is 3.91. The van der Waals surface area contributed by atoms with Gasteiger partial charge in [0.05, 0.1) is 19.8 Å². The third kappa shape index (κ3) is 7.83. The van der Waals surface area contributed by atoms with Crippen LogP contribution in [0.2, 0.25) is 0 Å². The van der Waals surface area contributed by atoms with Crippen molar-refractivity contribution in [3.8, 4) is 23.0 Å². The summed E-state index contributed by atoms with van der Waals surface area (Å²) < 4.78 is 22.7. The van der Waals surface area contributed by atoms with E-state index in [1.54, 1.807) is 6.08 Å². The third-order valence-electron chi connectivity index (χ3n) is 3.35. The van der Waals surface area contributed by atoms with Crippen LogP contribution in [0, 0.1) is 0 Å². The maximum absolute atomic E-state index is 5.76. The number of halogens is 1. The van der Waals surface area contributed by atoms with E-state index in [9.17, 15) is 0 Å². The van der Waals surface area contributed by atoms with Crippen LogP contribution in [0.4, 0.5) is 0 Å². The first-order valence-corrected chi connectivity index (χ1v) is 9.82. The van der Waals surface area contributed by atoms with Gasteiger partial charge in [-0.3, -0.25) is 0 Å². The maximum atomic E-state index is 5.76. The van der Waals surface area contributed by atoms with Crippen molar-refractivity contribution in [1.29, 1.82) is 0 Å². The van der Waals surface area contributed by atoms with Crippen molar-refractivity contribution in [2.45, 2.75) is 12.8 Å². The molecule has 4 nitrogen and oxygen atoms in total. The molecule has 0 amide bonds. The number of alkyl halides is 1. The van der Waals surface area contributed by atoms with Gasteiger partial charge in [0, 0.05) is 23.9 Å². The van der Waals surface area contributed by atoms with Crippen LogP contribution in [0.15, 0.2) is 61.2 Å². The van der Waals surface area contributed by atoms with Crippen LogP contribution in [0.3, 0.4) is 0 Å². The van der Waals surface area contributed by atoms with Gasteiger partial charge in [-0.25, -0.2) is 0 Å². The van der Waals surface area contributed by atoms with Crippen LogP contribution in [0.1, 0.15) is 12.8 Å². The van der Waals surface area contributed by atoms with Gasteiger partial charge in [-0.1, -0.05) is 40.7 Å². The first-order valence-electron chi connectivity index (χ1n) is 8.70. The fourth-order valence-electron chi connectivity index (χ4n) is 2.15. The number of ether oxygens (including phenoxy) is 4. The Morgan fingerprint density at radius 3 is 1.65 bits per heavy atom. The first kappa shape index (κ1) is 20.2. The molecule has 0 bridgehead atoms. The van der Waals surface area contributed by atoms with Crippen LogP contribution >= 0.6 is 15.9 Å². The zero-order valence-electron chi connectivity index (χ0n) is 14.9. The van der Waals surface area contributed by atoms with Gasteiger partial charge in [0.2, 0.25) is 0 Å². The number of benzene rings is 2. The lowest BCUT2D eigenvalue weighted by molar-refractivity contribution is 0.245. The Bertz CT molecular complexity index is 660. The van der Waals surface area contributed by atoms with E-state index in [4.69, 9.17) is 18.9 Å². The fourth-order valence-corrected chi connectivity index (χ4v) is 2.38. The summed E-state index contributed by atoms with van der Waals surface area (Å²) in [4.78, 5) is 0. The minimum absolute atomic E-state index is 0.482. The zero-order chi connectivity index (χ0) is 18.5. The summed E-state index contributed by atoms with van der Waals surface area (Å²) in [5.41, 5.74) is 0. The van der Waals surface area contributed by atoms with Gasteiger partial charge < -0.3 is 18.9 Å². The normalized spacial score (nSPS) is 10.2.